The third kappa shape index (κ3) is 9.18. The maximum absolute atomic E-state index is 14.2. The quantitative estimate of drug-likeness (QED) is 0.168. The number of benzene rings is 3. The summed E-state index contributed by atoms with van der Waals surface area (Å²) in [6.45, 7) is 6.83. The lowest BCUT2D eigenvalue weighted by atomic mass is 9.81. The molecule has 2 aliphatic heterocycles. The predicted molar refractivity (Wildman–Crippen MR) is 197 cm³/mol. The average molecular weight is 707 g/mol. The van der Waals surface area contributed by atoms with E-state index in [1.807, 2.05) is 73.0 Å². The van der Waals surface area contributed by atoms with Crippen molar-refractivity contribution in [1.82, 2.24) is 16.0 Å². The van der Waals surface area contributed by atoms with Crippen molar-refractivity contribution in [3.8, 4) is 5.75 Å². The first-order valence-corrected chi connectivity index (χ1v) is 20.3. The number of para-hydroxylation sites is 1. The Morgan fingerprint density at radius 2 is 1.73 bits per heavy atom. The fraction of sp³-hybridized carbons (Fsp3) is 0.474. The molecule has 2 aliphatic rings. The molecule has 3 aromatic rings. The standard InChI is InChI=1S/C38H50N4O5S2/c1-4-6-19-38(5-2)26-42(30-15-11-8-12-16-30)31-22-33(48-3)32(23-34(31)49(45,46)27-38)47-25-35(43)41-36(29-13-9-7-10-14-29)37(44)40-24-28-17-20-39-21-18-28/h7-16,22-23,28,36,39H,4-6,17-21,24-27H2,1-3H3,(H,40,44)(H,41,43)/t36-,38?/m1/s1. The molecule has 1 saturated heterocycles. The fourth-order valence-corrected chi connectivity index (χ4v) is 9.59. The molecule has 0 saturated carbocycles. The number of anilines is 2. The minimum atomic E-state index is -3.73. The number of carbonyl (C=O) groups excluding carboxylic acids is 2. The van der Waals surface area contributed by atoms with Crippen LogP contribution >= 0.6 is 11.8 Å². The SMILES string of the molecule is CCCCC1(CC)CN(c2ccccc2)c2cc(SC)c(OCC(=O)N[C@@H](C(=O)NCC3CCNCC3)c3ccccc3)cc2S(=O)(=O)C1. The van der Waals surface area contributed by atoms with E-state index in [4.69, 9.17) is 4.74 Å². The van der Waals surface area contributed by atoms with Gasteiger partial charge in [-0.15, -0.1) is 11.8 Å². The van der Waals surface area contributed by atoms with E-state index in [0.717, 1.165) is 62.2 Å². The molecule has 0 aliphatic carbocycles. The van der Waals surface area contributed by atoms with Crippen molar-refractivity contribution >= 4 is 44.8 Å². The Labute approximate surface area is 295 Å². The third-order valence-electron chi connectivity index (χ3n) is 9.82. The number of hydrogen-bond donors (Lipinski definition) is 3. The van der Waals surface area contributed by atoms with E-state index in [9.17, 15) is 18.0 Å². The smallest absolute Gasteiger partial charge is 0.258 e. The summed E-state index contributed by atoms with van der Waals surface area (Å²) in [4.78, 5) is 29.8. The number of unbranched alkanes of at least 4 members (excludes halogenated alkanes) is 1. The van der Waals surface area contributed by atoms with Crippen LogP contribution in [0.25, 0.3) is 0 Å². The zero-order valence-corrected chi connectivity index (χ0v) is 30.5. The van der Waals surface area contributed by atoms with Crippen LogP contribution in [-0.4, -0.2) is 65.0 Å². The van der Waals surface area contributed by atoms with Gasteiger partial charge >= 0.3 is 0 Å². The second kappa shape index (κ2) is 16.9. The molecule has 0 bridgehead atoms. The molecular formula is C38H50N4O5S2. The predicted octanol–water partition coefficient (Wildman–Crippen LogP) is 6.27. The monoisotopic (exact) mass is 706 g/mol. The number of rotatable bonds is 14. The third-order valence-corrected chi connectivity index (χ3v) is 12.6. The van der Waals surface area contributed by atoms with E-state index in [1.165, 1.54) is 11.8 Å². The lowest BCUT2D eigenvalue weighted by Crippen LogP contribution is -2.44. The summed E-state index contributed by atoms with van der Waals surface area (Å²) in [6, 6.07) is 21.7. The lowest BCUT2D eigenvalue weighted by Gasteiger charge is -2.36. The van der Waals surface area contributed by atoms with Gasteiger partial charge < -0.3 is 25.6 Å². The minimum absolute atomic E-state index is 0.0383. The number of piperidine rings is 1. The number of ether oxygens (including phenoxy) is 1. The number of nitrogens with one attached hydrogen (secondary N) is 3. The van der Waals surface area contributed by atoms with Crippen LogP contribution in [0.3, 0.4) is 0 Å². The van der Waals surface area contributed by atoms with Gasteiger partial charge in [-0.25, -0.2) is 8.42 Å². The van der Waals surface area contributed by atoms with Gasteiger partial charge in [0.1, 0.15) is 11.8 Å². The minimum Gasteiger partial charge on any atom is -0.483 e. The Morgan fingerprint density at radius 3 is 2.39 bits per heavy atom. The van der Waals surface area contributed by atoms with E-state index >= 15 is 0 Å². The Hall–Kier alpha value is -3.54. The van der Waals surface area contributed by atoms with Gasteiger partial charge in [0.2, 0.25) is 5.91 Å². The number of carbonyl (C=O) groups is 2. The highest BCUT2D eigenvalue weighted by Crippen LogP contribution is 2.47. The molecular weight excluding hydrogens is 657 g/mol. The maximum atomic E-state index is 14.2. The molecule has 49 heavy (non-hydrogen) atoms. The molecule has 264 valence electrons. The highest BCUT2D eigenvalue weighted by Gasteiger charge is 2.42. The molecule has 2 heterocycles. The van der Waals surface area contributed by atoms with Crippen molar-refractivity contribution in [2.75, 3.05) is 49.7 Å². The van der Waals surface area contributed by atoms with Gasteiger partial charge in [0, 0.05) is 30.3 Å². The van der Waals surface area contributed by atoms with Crippen molar-refractivity contribution in [3.05, 3.63) is 78.4 Å². The van der Waals surface area contributed by atoms with Crippen molar-refractivity contribution in [1.29, 1.82) is 0 Å². The van der Waals surface area contributed by atoms with Gasteiger partial charge in [-0.2, -0.15) is 0 Å². The molecule has 1 unspecified atom stereocenters. The molecule has 3 N–H and O–H groups in total. The molecule has 0 spiro atoms. The van der Waals surface area contributed by atoms with Crippen molar-refractivity contribution < 1.29 is 22.7 Å². The largest absolute Gasteiger partial charge is 0.483 e. The molecule has 11 heteroatoms. The molecule has 2 atom stereocenters. The first-order valence-electron chi connectivity index (χ1n) is 17.4. The van der Waals surface area contributed by atoms with Crippen LogP contribution in [0.1, 0.15) is 64.0 Å². The molecule has 0 aromatic heterocycles. The molecule has 9 nitrogen and oxygen atoms in total. The summed E-state index contributed by atoms with van der Waals surface area (Å²) in [7, 11) is -3.73. The molecule has 0 radical (unpaired) electrons. The van der Waals surface area contributed by atoms with Gasteiger partial charge in [0.15, 0.2) is 16.4 Å². The normalized spacial score (nSPS) is 19.7. The van der Waals surface area contributed by atoms with Crippen LogP contribution in [-0.2, 0) is 19.4 Å². The second-order valence-electron chi connectivity index (χ2n) is 13.2. The summed E-state index contributed by atoms with van der Waals surface area (Å²) in [6.07, 6.45) is 7.37. The van der Waals surface area contributed by atoms with E-state index in [0.29, 0.717) is 36.0 Å². The van der Waals surface area contributed by atoms with Gasteiger partial charge in [-0.1, -0.05) is 75.2 Å². The number of thioether (sulfide) groups is 1. The summed E-state index contributed by atoms with van der Waals surface area (Å²) in [5, 5.41) is 9.24. The molecule has 5 rings (SSSR count). The summed E-state index contributed by atoms with van der Waals surface area (Å²) >= 11 is 1.43. The van der Waals surface area contributed by atoms with Crippen LogP contribution in [0.5, 0.6) is 5.75 Å². The van der Waals surface area contributed by atoms with Crippen molar-refractivity contribution in [3.63, 3.8) is 0 Å². The summed E-state index contributed by atoms with van der Waals surface area (Å²) in [5.41, 5.74) is 1.79. The topological polar surface area (TPSA) is 117 Å². The number of nitrogens with zero attached hydrogens (tertiary/aromatic N) is 1. The summed E-state index contributed by atoms with van der Waals surface area (Å²) < 4.78 is 34.6. The Morgan fingerprint density at radius 1 is 1.04 bits per heavy atom. The second-order valence-corrected chi connectivity index (χ2v) is 16.1. The zero-order chi connectivity index (χ0) is 34.9. The number of amides is 2. The summed E-state index contributed by atoms with van der Waals surface area (Å²) in [5.74, 6) is -0.00529. The maximum Gasteiger partial charge on any atom is 0.258 e. The molecule has 3 aromatic carbocycles. The highest BCUT2D eigenvalue weighted by atomic mass is 32.2. The van der Waals surface area contributed by atoms with Crippen molar-refractivity contribution in [2.24, 2.45) is 11.3 Å². The molecule has 1 fully saturated rings. The Balaban J connectivity index is 1.40. The highest BCUT2D eigenvalue weighted by molar-refractivity contribution is 7.98. The first kappa shape index (κ1) is 36.7. The van der Waals surface area contributed by atoms with Crippen LogP contribution in [0, 0.1) is 11.3 Å². The number of hydrogen-bond acceptors (Lipinski definition) is 8. The van der Waals surface area contributed by atoms with Crippen molar-refractivity contribution in [2.45, 2.75) is 68.2 Å². The van der Waals surface area contributed by atoms with E-state index in [-0.39, 0.29) is 23.2 Å². The number of sulfone groups is 1. The van der Waals surface area contributed by atoms with Gasteiger partial charge in [-0.3, -0.25) is 9.59 Å². The Bertz CT molecular complexity index is 1670. The van der Waals surface area contributed by atoms with Gasteiger partial charge in [0.05, 0.1) is 21.2 Å². The van der Waals surface area contributed by atoms with Crippen LogP contribution in [0.2, 0.25) is 0 Å². The van der Waals surface area contributed by atoms with Crippen LogP contribution in [0.15, 0.2) is 82.6 Å². The Kier molecular flexibility index (Phi) is 12.7. The zero-order valence-electron chi connectivity index (χ0n) is 28.9. The van der Waals surface area contributed by atoms with Crippen LogP contribution < -0.4 is 25.6 Å². The molecule has 2 amide bonds. The number of fused-ring (bicyclic) bond motifs is 1. The fourth-order valence-electron chi connectivity index (χ4n) is 6.87. The van der Waals surface area contributed by atoms with E-state index in [1.54, 1.807) is 6.07 Å². The van der Waals surface area contributed by atoms with Gasteiger partial charge in [-0.05, 0) is 74.7 Å². The lowest BCUT2D eigenvalue weighted by molar-refractivity contribution is -0.130. The van der Waals surface area contributed by atoms with Crippen LogP contribution in [0.4, 0.5) is 11.4 Å². The first-order chi connectivity index (χ1) is 23.7. The van der Waals surface area contributed by atoms with E-state index in [2.05, 4.69) is 34.7 Å². The van der Waals surface area contributed by atoms with E-state index < -0.39 is 27.2 Å². The van der Waals surface area contributed by atoms with Gasteiger partial charge in [0.25, 0.3) is 5.91 Å². The average Bonchev–Trinajstić information content (AvgIpc) is 3.23.